The topological polar surface area (TPSA) is 37.4 Å². The molecule has 0 radical (unpaired) electrons. The van der Waals surface area contributed by atoms with Crippen molar-refractivity contribution in [2.24, 2.45) is 0 Å². The fourth-order valence-electron chi connectivity index (χ4n) is 2.62. The van der Waals surface area contributed by atoms with Crippen molar-refractivity contribution in [2.45, 2.75) is 37.5 Å². The average Bonchev–Trinajstić information content (AvgIpc) is 2.40. The third-order valence-corrected chi connectivity index (χ3v) is 5.68. The highest BCUT2D eigenvalue weighted by Crippen LogP contribution is 2.25. The van der Waals surface area contributed by atoms with Crippen molar-refractivity contribution in [3.8, 4) is 0 Å². The standard InChI is InChI=1S/C14H20ClNO2S/c15-10-9-14-8-4-5-11-16(14)19(17,18)12-13-6-2-1-3-7-13/h1-3,6-7,14H,4-5,8-12H2. The maximum Gasteiger partial charge on any atom is 0.218 e. The molecule has 0 N–H and O–H groups in total. The van der Waals surface area contributed by atoms with Crippen molar-refractivity contribution >= 4 is 21.6 Å². The molecule has 1 aliphatic rings. The van der Waals surface area contributed by atoms with E-state index in [9.17, 15) is 8.42 Å². The van der Waals surface area contributed by atoms with Gasteiger partial charge in [-0.2, -0.15) is 4.31 Å². The SMILES string of the molecule is O=S(=O)(Cc1ccccc1)N1CCCCC1CCCl. The molecule has 0 aromatic heterocycles. The van der Waals surface area contributed by atoms with Gasteiger partial charge in [0.1, 0.15) is 0 Å². The van der Waals surface area contributed by atoms with E-state index in [4.69, 9.17) is 11.6 Å². The summed E-state index contributed by atoms with van der Waals surface area (Å²) in [7, 11) is -3.23. The number of sulfonamides is 1. The van der Waals surface area contributed by atoms with Crippen LogP contribution in [0.25, 0.3) is 0 Å². The monoisotopic (exact) mass is 301 g/mol. The first-order chi connectivity index (χ1) is 9.13. The maximum absolute atomic E-state index is 12.5. The lowest BCUT2D eigenvalue weighted by Crippen LogP contribution is -2.44. The molecule has 1 saturated heterocycles. The second-order valence-electron chi connectivity index (χ2n) is 4.98. The maximum atomic E-state index is 12.5. The van der Waals surface area contributed by atoms with E-state index in [1.165, 1.54) is 0 Å². The lowest BCUT2D eigenvalue weighted by molar-refractivity contribution is 0.247. The van der Waals surface area contributed by atoms with Crippen LogP contribution in [-0.2, 0) is 15.8 Å². The van der Waals surface area contributed by atoms with E-state index in [2.05, 4.69) is 0 Å². The second kappa shape index (κ2) is 6.73. The van der Waals surface area contributed by atoms with Gasteiger partial charge in [0.15, 0.2) is 0 Å². The fraction of sp³-hybridized carbons (Fsp3) is 0.571. The number of alkyl halides is 1. The Bertz CT molecular complexity index is 487. The third-order valence-electron chi connectivity index (χ3n) is 3.56. The molecule has 0 amide bonds. The van der Waals surface area contributed by atoms with Crippen molar-refractivity contribution in [3.63, 3.8) is 0 Å². The number of hydrogen-bond acceptors (Lipinski definition) is 2. The van der Waals surface area contributed by atoms with E-state index < -0.39 is 10.0 Å². The molecule has 3 nitrogen and oxygen atoms in total. The van der Waals surface area contributed by atoms with Crippen LogP contribution in [0.1, 0.15) is 31.2 Å². The quantitative estimate of drug-likeness (QED) is 0.784. The summed E-state index contributed by atoms with van der Waals surface area (Å²) in [5.74, 6) is 0.606. The zero-order valence-corrected chi connectivity index (χ0v) is 12.5. The van der Waals surface area contributed by atoms with Crippen LogP contribution in [0.15, 0.2) is 30.3 Å². The van der Waals surface area contributed by atoms with Crippen LogP contribution >= 0.6 is 11.6 Å². The Labute approximate surface area is 120 Å². The largest absolute Gasteiger partial charge is 0.218 e. The molecule has 1 unspecified atom stereocenters. The molecule has 5 heteroatoms. The summed E-state index contributed by atoms with van der Waals surface area (Å²) < 4.78 is 26.7. The van der Waals surface area contributed by atoms with Gasteiger partial charge >= 0.3 is 0 Å². The molecule has 0 saturated carbocycles. The fourth-order valence-corrected chi connectivity index (χ4v) is 4.73. The summed E-state index contributed by atoms with van der Waals surface area (Å²) in [5.41, 5.74) is 0.845. The van der Waals surface area contributed by atoms with Crippen molar-refractivity contribution in [1.82, 2.24) is 4.31 Å². The Morgan fingerprint density at radius 3 is 2.63 bits per heavy atom. The molecule has 1 fully saturated rings. The van der Waals surface area contributed by atoms with E-state index >= 15 is 0 Å². The van der Waals surface area contributed by atoms with Gasteiger partial charge in [0, 0.05) is 18.5 Å². The summed E-state index contributed by atoms with van der Waals surface area (Å²) in [6.45, 7) is 0.636. The first kappa shape index (κ1) is 14.8. The van der Waals surface area contributed by atoms with E-state index in [-0.39, 0.29) is 11.8 Å². The predicted octanol–water partition coefficient (Wildman–Crippen LogP) is 3.00. The minimum Gasteiger partial charge on any atom is -0.212 e. The van der Waals surface area contributed by atoms with Crippen molar-refractivity contribution < 1.29 is 8.42 Å². The van der Waals surface area contributed by atoms with Crippen LogP contribution in [-0.4, -0.2) is 31.2 Å². The molecule has 106 valence electrons. The Hall–Kier alpha value is -0.580. The van der Waals surface area contributed by atoms with Gasteiger partial charge in [0.2, 0.25) is 10.0 Å². The Kier molecular flexibility index (Phi) is 5.25. The van der Waals surface area contributed by atoms with Crippen LogP contribution in [0, 0.1) is 0 Å². The average molecular weight is 302 g/mol. The summed E-state index contributed by atoms with van der Waals surface area (Å²) in [5, 5.41) is 0. The molecule has 2 rings (SSSR count). The minimum absolute atomic E-state index is 0.0833. The van der Waals surface area contributed by atoms with Crippen LogP contribution in [0.2, 0.25) is 0 Å². The van der Waals surface area contributed by atoms with Gasteiger partial charge in [0.25, 0.3) is 0 Å². The number of nitrogens with zero attached hydrogens (tertiary/aromatic N) is 1. The molecular formula is C14H20ClNO2S. The highest BCUT2D eigenvalue weighted by molar-refractivity contribution is 7.88. The van der Waals surface area contributed by atoms with Gasteiger partial charge in [-0.05, 0) is 24.8 Å². The number of benzene rings is 1. The van der Waals surface area contributed by atoms with Crippen molar-refractivity contribution in [3.05, 3.63) is 35.9 Å². The van der Waals surface area contributed by atoms with Crippen molar-refractivity contribution in [2.75, 3.05) is 12.4 Å². The van der Waals surface area contributed by atoms with Gasteiger partial charge in [-0.3, -0.25) is 0 Å². The normalized spacial score (nSPS) is 21.4. The number of rotatable bonds is 5. The zero-order chi connectivity index (χ0) is 13.7. The summed E-state index contributed by atoms with van der Waals surface area (Å²) in [4.78, 5) is 0. The van der Waals surface area contributed by atoms with E-state index in [1.807, 2.05) is 30.3 Å². The molecule has 19 heavy (non-hydrogen) atoms. The number of hydrogen-bond donors (Lipinski definition) is 0. The summed E-state index contributed by atoms with van der Waals surface area (Å²) in [6, 6.07) is 9.44. The van der Waals surface area contributed by atoms with Gasteiger partial charge < -0.3 is 0 Å². The van der Waals surface area contributed by atoms with Crippen LogP contribution < -0.4 is 0 Å². The van der Waals surface area contributed by atoms with Crippen molar-refractivity contribution in [1.29, 1.82) is 0 Å². The van der Waals surface area contributed by atoms with Crippen LogP contribution in [0.4, 0.5) is 0 Å². The molecule has 0 bridgehead atoms. The highest BCUT2D eigenvalue weighted by Gasteiger charge is 2.31. The van der Waals surface area contributed by atoms with Gasteiger partial charge in [0.05, 0.1) is 5.75 Å². The van der Waals surface area contributed by atoms with Crippen LogP contribution in [0.3, 0.4) is 0 Å². The molecule has 1 heterocycles. The number of halogens is 1. The Morgan fingerprint density at radius 2 is 1.95 bits per heavy atom. The molecule has 1 aromatic carbocycles. The highest BCUT2D eigenvalue weighted by atomic mass is 35.5. The van der Waals surface area contributed by atoms with Gasteiger partial charge in [-0.25, -0.2) is 8.42 Å². The van der Waals surface area contributed by atoms with E-state index in [0.717, 1.165) is 31.2 Å². The lowest BCUT2D eigenvalue weighted by Gasteiger charge is -2.34. The van der Waals surface area contributed by atoms with E-state index in [1.54, 1.807) is 4.31 Å². The van der Waals surface area contributed by atoms with Gasteiger partial charge in [-0.15, -0.1) is 11.6 Å². The molecule has 1 atom stereocenters. The predicted molar refractivity (Wildman–Crippen MR) is 78.7 cm³/mol. The first-order valence-corrected chi connectivity index (χ1v) is 8.87. The molecule has 0 aliphatic carbocycles. The van der Waals surface area contributed by atoms with E-state index in [0.29, 0.717) is 12.4 Å². The third kappa shape index (κ3) is 3.94. The summed E-state index contributed by atoms with van der Waals surface area (Å²) >= 11 is 5.79. The summed E-state index contributed by atoms with van der Waals surface area (Å²) in [6.07, 6.45) is 3.72. The number of piperidine rings is 1. The molecule has 1 aliphatic heterocycles. The molecule has 0 spiro atoms. The second-order valence-corrected chi connectivity index (χ2v) is 7.28. The smallest absolute Gasteiger partial charge is 0.212 e. The minimum atomic E-state index is -3.23. The first-order valence-electron chi connectivity index (χ1n) is 6.73. The Morgan fingerprint density at radius 1 is 1.21 bits per heavy atom. The van der Waals surface area contributed by atoms with Gasteiger partial charge in [-0.1, -0.05) is 36.8 Å². The molecule has 1 aromatic rings. The molecular weight excluding hydrogens is 282 g/mol. The Balaban J connectivity index is 2.13. The lowest BCUT2D eigenvalue weighted by atomic mass is 10.0. The van der Waals surface area contributed by atoms with Crippen LogP contribution in [0.5, 0.6) is 0 Å². The zero-order valence-electron chi connectivity index (χ0n) is 11.0.